The average Bonchev–Trinajstić information content (AvgIpc) is 3.06. The molecule has 3 rings (SSSR count). The monoisotopic (exact) mass is 282 g/mol. The van der Waals surface area contributed by atoms with Crippen LogP contribution in [0.2, 0.25) is 0 Å². The number of ketones is 1. The summed E-state index contributed by atoms with van der Waals surface area (Å²) in [5.41, 5.74) is 1.57. The lowest BCUT2D eigenvalue weighted by molar-refractivity contribution is -0.189. The van der Waals surface area contributed by atoms with Crippen molar-refractivity contribution in [3.63, 3.8) is 0 Å². The van der Waals surface area contributed by atoms with Crippen LogP contribution >= 0.6 is 0 Å². The van der Waals surface area contributed by atoms with Gasteiger partial charge in [0.1, 0.15) is 0 Å². The average molecular weight is 282 g/mol. The summed E-state index contributed by atoms with van der Waals surface area (Å²) in [5, 5.41) is 0. The molecule has 0 spiro atoms. The molecule has 0 saturated carbocycles. The Balaban J connectivity index is 1.97. The number of hydrogen-bond donors (Lipinski definition) is 0. The summed E-state index contributed by atoms with van der Waals surface area (Å²) in [6.07, 6.45) is 0. The summed E-state index contributed by atoms with van der Waals surface area (Å²) in [5.74, 6) is -1.36. The van der Waals surface area contributed by atoms with Gasteiger partial charge in [-0.25, -0.2) is 0 Å². The van der Waals surface area contributed by atoms with E-state index in [-0.39, 0.29) is 5.78 Å². The molecule has 3 nitrogen and oxygen atoms in total. The second-order valence-corrected chi connectivity index (χ2v) is 5.18. The number of hydrogen-bond acceptors (Lipinski definition) is 3. The second-order valence-electron chi connectivity index (χ2n) is 5.18. The largest absolute Gasteiger partial charge is 0.343 e. The maximum Gasteiger partial charge on any atom is 0.205 e. The fourth-order valence-electron chi connectivity index (χ4n) is 2.79. The normalized spacial score (nSPS) is 18.3. The summed E-state index contributed by atoms with van der Waals surface area (Å²) in [4.78, 5) is 12.8. The molecule has 0 amide bonds. The van der Waals surface area contributed by atoms with E-state index in [4.69, 9.17) is 9.47 Å². The summed E-state index contributed by atoms with van der Waals surface area (Å²) < 4.78 is 11.8. The summed E-state index contributed by atoms with van der Waals surface area (Å²) in [6, 6.07) is 19.0. The summed E-state index contributed by atoms with van der Waals surface area (Å²) in [6.45, 7) is 2.87. The van der Waals surface area contributed by atoms with Gasteiger partial charge in [0.05, 0.1) is 19.1 Å². The van der Waals surface area contributed by atoms with Gasteiger partial charge in [-0.15, -0.1) is 0 Å². The Bertz CT molecular complexity index is 601. The molecule has 0 radical (unpaired) electrons. The molecular weight excluding hydrogens is 264 g/mol. The maximum atomic E-state index is 12.8. The van der Waals surface area contributed by atoms with Gasteiger partial charge in [0, 0.05) is 11.1 Å². The lowest BCUT2D eigenvalue weighted by Gasteiger charge is -2.33. The molecule has 1 heterocycles. The van der Waals surface area contributed by atoms with E-state index in [1.807, 2.05) is 67.6 Å². The van der Waals surface area contributed by atoms with Gasteiger partial charge in [-0.05, 0) is 6.92 Å². The van der Waals surface area contributed by atoms with Crippen LogP contribution in [0.3, 0.4) is 0 Å². The van der Waals surface area contributed by atoms with Crippen LogP contribution in [0.15, 0.2) is 60.7 Å². The zero-order valence-electron chi connectivity index (χ0n) is 12.0. The van der Waals surface area contributed by atoms with Gasteiger partial charge in [-0.2, -0.15) is 0 Å². The van der Waals surface area contributed by atoms with Gasteiger partial charge in [0.2, 0.25) is 5.79 Å². The van der Waals surface area contributed by atoms with Crippen LogP contribution in [0.4, 0.5) is 0 Å². The van der Waals surface area contributed by atoms with Crippen molar-refractivity contribution in [2.24, 2.45) is 5.92 Å². The Hall–Kier alpha value is -1.97. The van der Waals surface area contributed by atoms with E-state index in [0.717, 1.165) is 5.56 Å². The number of ether oxygens (including phenoxy) is 2. The van der Waals surface area contributed by atoms with E-state index in [2.05, 4.69) is 0 Å². The highest BCUT2D eigenvalue weighted by Crippen LogP contribution is 2.39. The fourth-order valence-corrected chi connectivity index (χ4v) is 2.79. The zero-order valence-corrected chi connectivity index (χ0v) is 12.0. The standard InChI is InChI=1S/C18H18O3/c1-14(17(19)15-8-4-2-5-9-15)18(20-12-13-21-18)16-10-6-3-7-11-16/h2-11,14H,12-13H2,1H3. The molecule has 108 valence electrons. The summed E-state index contributed by atoms with van der Waals surface area (Å²) in [7, 11) is 0. The van der Waals surface area contributed by atoms with Gasteiger partial charge in [0.15, 0.2) is 5.78 Å². The molecule has 1 atom stereocenters. The lowest BCUT2D eigenvalue weighted by atomic mass is 9.87. The molecule has 1 fully saturated rings. The van der Waals surface area contributed by atoms with Gasteiger partial charge in [-0.3, -0.25) is 4.79 Å². The molecule has 0 aliphatic carbocycles. The third-order valence-corrected chi connectivity index (χ3v) is 3.91. The molecular formula is C18H18O3. The van der Waals surface area contributed by atoms with Crippen molar-refractivity contribution in [3.8, 4) is 0 Å². The van der Waals surface area contributed by atoms with Crippen molar-refractivity contribution in [2.75, 3.05) is 13.2 Å². The molecule has 21 heavy (non-hydrogen) atoms. The predicted molar refractivity (Wildman–Crippen MR) is 80.0 cm³/mol. The van der Waals surface area contributed by atoms with E-state index >= 15 is 0 Å². The first-order chi connectivity index (χ1) is 10.2. The zero-order chi connectivity index (χ0) is 14.7. The highest BCUT2D eigenvalue weighted by Gasteiger charge is 2.47. The van der Waals surface area contributed by atoms with Crippen molar-refractivity contribution in [1.82, 2.24) is 0 Å². The topological polar surface area (TPSA) is 35.5 Å². The van der Waals surface area contributed by atoms with Crippen LogP contribution in [0, 0.1) is 5.92 Å². The highest BCUT2D eigenvalue weighted by atomic mass is 16.7. The first-order valence-corrected chi connectivity index (χ1v) is 7.17. The van der Waals surface area contributed by atoms with Crippen molar-refractivity contribution in [3.05, 3.63) is 71.8 Å². The third-order valence-electron chi connectivity index (χ3n) is 3.91. The van der Waals surface area contributed by atoms with Crippen molar-refractivity contribution in [1.29, 1.82) is 0 Å². The van der Waals surface area contributed by atoms with E-state index in [0.29, 0.717) is 18.8 Å². The Morgan fingerprint density at radius 3 is 2.05 bits per heavy atom. The molecule has 0 N–H and O–H groups in total. The Kier molecular flexibility index (Phi) is 3.86. The Labute approximate surface area is 124 Å². The summed E-state index contributed by atoms with van der Waals surface area (Å²) >= 11 is 0. The van der Waals surface area contributed by atoms with Crippen LogP contribution in [0.1, 0.15) is 22.8 Å². The number of rotatable bonds is 4. The van der Waals surface area contributed by atoms with Crippen LogP contribution in [0.25, 0.3) is 0 Å². The molecule has 1 aliphatic rings. The van der Waals surface area contributed by atoms with Crippen molar-refractivity contribution < 1.29 is 14.3 Å². The number of Topliss-reactive ketones (excluding diaryl/α,β-unsaturated/α-hetero) is 1. The number of carbonyl (C=O) groups is 1. The second kappa shape index (κ2) is 5.80. The van der Waals surface area contributed by atoms with Crippen LogP contribution < -0.4 is 0 Å². The molecule has 1 aliphatic heterocycles. The molecule has 0 bridgehead atoms. The van der Waals surface area contributed by atoms with Crippen molar-refractivity contribution >= 4 is 5.78 Å². The predicted octanol–water partition coefficient (Wildman–Crippen LogP) is 3.41. The van der Waals surface area contributed by atoms with Gasteiger partial charge in [-0.1, -0.05) is 60.7 Å². The molecule has 1 saturated heterocycles. The molecule has 1 unspecified atom stereocenters. The maximum absolute atomic E-state index is 12.8. The minimum absolute atomic E-state index is 0.0290. The third kappa shape index (κ3) is 2.50. The lowest BCUT2D eigenvalue weighted by Crippen LogP contribution is -2.39. The van der Waals surface area contributed by atoms with E-state index < -0.39 is 11.7 Å². The molecule has 2 aromatic rings. The van der Waals surface area contributed by atoms with Gasteiger partial charge >= 0.3 is 0 Å². The van der Waals surface area contributed by atoms with Gasteiger partial charge in [0.25, 0.3) is 0 Å². The minimum Gasteiger partial charge on any atom is -0.343 e. The highest BCUT2D eigenvalue weighted by molar-refractivity contribution is 5.98. The van der Waals surface area contributed by atoms with Crippen LogP contribution in [-0.4, -0.2) is 19.0 Å². The molecule has 0 aromatic heterocycles. The molecule has 2 aromatic carbocycles. The SMILES string of the molecule is CC(C(=O)c1ccccc1)C1(c2ccccc2)OCCO1. The van der Waals surface area contributed by atoms with Gasteiger partial charge < -0.3 is 9.47 Å². The molecule has 3 heteroatoms. The Morgan fingerprint density at radius 1 is 0.952 bits per heavy atom. The number of benzene rings is 2. The van der Waals surface area contributed by atoms with Crippen LogP contribution in [0.5, 0.6) is 0 Å². The quantitative estimate of drug-likeness (QED) is 0.806. The van der Waals surface area contributed by atoms with E-state index in [1.54, 1.807) is 0 Å². The van der Waals surface area contributed by atoms with Crippen LogP contribution in [-0.2, 0) is 15.3 Å². The number of carbonyl (C=O) groups excluding carboxylic acids is 1. The Morgan fingerprint density at radius 2 is 1.48 bits per heavy atom. The van der Waals surface area contributed by atoms with Crippen molar-refractivity contribution in [2.45, 2.75) is 12.7 Å². The van der Waals surface area contributed by atoms with E-state index in [1.165, 1.54) is 0 Å². The minimum atomic E-state index is -0.978. The smallest absolute Gasteiger partial charge is 0.205 e. The van der Waals surface area contributed by atoms with E-state index in [9.17, 15) is 4.79 Å². The first-order valence-electron chi connectivity index (χ1n) is 7.17. The fraction of sp³-hybridized carbons (Fsp3) is 0.278. The first kappa shape index (κ1) is 14.0.